The van der Waals surface area contributed by atoms with E-state index in [1.807, 2.05) is 36.4 Å². The molecule has 2 aromatic heterocycles. The van der Waals surface area contributed by atoms with Crippen molar-refractivity contribution in [3.63, 3.8) is 0 Å². The van der Waals surface area contributed by atoms with Crippen molar-refractivity contribution in [2.75, 3.05) is 0 Å². The maximum atomic E-state index is 12.7. The van der Waals surface area contributed by atoms with Crippen molar-refractivity contribution in [3.8, 4) is 5.69 Å². The quantitative estimate of drug-likeness (QED) is 0.543. The Kier molecular flexibility index (Phi) is 2.55. The van der Waals surface area contributed by atoms with Crippen molar-refractivity contribution >= 4 is 28.2 Å². The number of benzene rings is 2. The molecule has 102 valence electrons. The van der Waals surface area contributed by atoms with Crippen LogP contribution < -0.4 is 5.69 Å². The van der Waals surface area contributed by atoms with E-state index in [9.17, 15) is 4.79 Å². The van der Waals surface area contributed by atoms with E-state index in [2.05, 4.69) is 10.2 Å². The maximum Gasteiger partial charge on any atom is 0.340 e. The Morgan fingerprint density at radius 2 is 1.86 bits per heavy atom. The third kappa shape index (κ3) is 1.75. The Morgan fingerprint density at radius 1 is 1.05 bits per heavy atom. The molecule has 0 fully saturated rings. The van der Waals surface area contributed by atoms with Gasteiger partial charge in [-0.05, 0) is 30.3 Å². The van der Waals surface area contributed by atoms with Crippen LogP contribution >= 0.6 is 11.6 Å². The summed E-state index contributed by atoms with van der Waals surface area (Å²) in [5, 5.41) is 9.25. The van der Waals surface area contributed by atoms with E-state index in [4.69, 9.17) is 11.6 Å². The minimum Gasteiger partial charge on any atom is -0.261 e. The highest BCUT2D eigenvalue weighted by molar-refractivity contribution is 6.31. The minimum atomic E-state index is -0.226. The lowest BCUT2D eigenvalue weighted by atomic mass is 10.2. The fourth-order valence-electron chi connectivity index (χ4n) is 2.47. The van der Waals surface area contributed by atoms with Gasteiger partial charge in [-0.3, -0.25) is 4.57 Å². The van der Waals surface area contributed by atoms with Crippen LogP contribution in [0.4, 0.5) is 0 Å². The van der Waals surface area contributed by atoms with Crippen LogP contribution in [0.5, 0.6) is 0 Å². The van der Waals surface area contributed by atoms with Gasteiger partial charge in [0, 0.05) is 10.4 Å². The van der Waals surface area contributed by atoms with Crippen molar-refractivity contribution in [2.45, 2.75) is 0 Å². The molecule has 0 bridgehead atoms. The van der Waals surface area contributed by atoms with Gasteiger partial charge in [-0.15, -0.1) is 10.2 Å². The molecule has 6 heteroatoms. The normalized spacial score (nSPS) is 11.3. The van der Waals surface area contributed by atoms with E-state index in [0.717, 1.165) is 11.1 Å². The van der Waals surface area contributed by atoms with Crippen LogP contribution in [0.3, 0.4) is 0 Å². The molecule has 0 radical (unpaired) electrons. The van der Waals surface area contributed by atoms with Gasteiger partial charge in [0.15, 0.2) is 5.65 Å². The van der Waals surface area contributed by atoms with Gasteiger partial charge in [-0.25, -0.2) is 9.20 Å². The Bertz CT molecular complexity index is 1020. The second-order valence-electron chi connectivity index (χ2n) is 4.64. The lowest BCUT2D eigenvalue weighted by Gasteiger charge is -2.11. The second kappa shape index (κ2) is 4.43. The SMILES string of the molecule is O=c1n(-c2ccccc2)c2cc(Cl)ccc2c2nncn12. The molecule has 0 amide bonds. The fourth-order valence-corrected chi connectivity index (χ4v) is 2.64. The largest absolute Gasteiger partial charge is 0.340 e. The number of halogens is 1. The van der Waals surface area contributed by atoms with E-state index < -0.39 is 0 Å². The Labute approximate surface area is 124 Å². The number of aromatic nitrogens is 4. The first-order valence-corrected chi connectivity index (χ1v) is 6.73. The second-order valence-corrected chi connectivity index (χ2v) is 5.08. The maximum absolute atomic E-state index is 12.7. The van der Waals surface area contributed by atoms with E-state index in [0.29, 0.717) is 16.2 Å². The lowest BCUT2D eigenvalue weighted by molar-refractivity contribution is 0.912. The summed E-state index contributed by atoms with van der Waals surface area (Å²) in [5.41, 5.74) is 1.78. The first-order valence-electron chi connectivity index (χ1n) is 6.35. The molecule has 5 nitrogen and oxygen atoms in total. The van der Waals surface area contributed by atoms with Gasteiger partial charge >= 0.3 is 5.69 Å². The monoisotopic (exact) mass is 296 g/mol. The van der Waals surface area contributed by atoms with Gasteiger partial charge in [0.2, 0.25) is 0 Å². The summed E-state index contributed by atoms with van der Waals surface area (Å²) in [6.07, 6.45) is 1.42. The zero-order chi connectivity index (χ0) is 14.4. The lowest BCUT2D eigenvalue weighted by Crippen LogP contribution is -2.25. The highest BCUT2D eigenvalue weighted by Crippen LogP contribution is 2.23. The molecule has 0 spiro atoms. The standard InChI is InChI=1S/C15H9ClN4O/c16-10-6-7-12-13(8-10)20(11-4-2-1-3-5-11)15(21)19-9-17-18-14(12)19/h1-9H. The molecule has 0 aliphatic heterocycles. The molecule has 0 saturated carbocycles. The zero-order valence-electron chi connectivity index (χ0n) is 10.8. The number of hydrogen-bond acceptors (Lipinski definition) is 3. The number of para-hydroxylation sites is 1. The molecule has 4 aromatic rings. The molecule has 2 aromatic carbocycles. The summed E-state index contributed by atoms with van der Waals surface area (Å²) in [4.78, 5) is 12.7. The Morgan fingerprint density at radius 3 is 2.67 bits per heavy atom. The molecular formula is C15H9ClN4O. The Hall–Kier alpha value is -2.66. The molecule has 21 heavy (non-hydrogen) atoms. The molecule has 0 N–H and O–H groups in total. The average molecular weight is 297 g/mol. The van der Waals surface area contributed by atoms with E-state index in [1.165, 1.54) is 10.7 Å². The predicted octanol–water partition coefficient (Wildman–Crippen LogP) is 2.69. The molecule has 4 rings (SSSR count). The summed E-state index contributed by atoms with van der Waals surface area (Å²) < 4.78 is 3.04. The summed E-state index contributed by atoms with van der Waals surface area (Å²) in [7, 11) is 0. The van der Waals surface area contributed by atoms with Crippen LogP contribution in [-0.4, -0.2) is 19.2 Å². The number of rotatable bonds is 1. The molecule has 0 aliphatic rings. The fraction of sp³-hybridized carbons (Fsp3) is 0. The molecule has 0 aliphatic carbocycles. The first-order chi connectivity index (χ1) is 10.3. The number of nitrogens with zero attached hydrogens (tertiary/aromatic N) is 4. The topological polar surface area (TPSA) is 52.2 Å². The predicted molar refractivity (Wildman–Crippen MR) is 81.1 cm³/mol. The number of fused-ring (bicyclic) bond motifs is 3. The third-order valence-corrected chi connectivity index (χ3v) is 3.64. The van der Waals surface area contributed by atoms with Crippen molar-refractivity contribution in [3.05, 3.63) is 70.4 Å². The van der Waals surface area contributed by atoms with Crippen LogP contribution in [0.1, 0.15) is 0 Å². The van der Waals surface area contributed by atoms with Gasteiger partial charge in [0.25, 0.3) is 0 Å². The van der Waals surface area contributed by atoms with Gasteiger partial charge < -0.3 is 0 Å². The van der Waals surface area contributed by atoms with Crippen LogP contribution in [0, 0.1) is 0 Å². The van der Waals surface area contributed by atoms with Gasteiger partial charge in [-0.2, -0.15) is 0 Å². The van der Waals surface area contributed by atoms with Gasteiger partial charge in [0.1, 0.15) is 6.33 Å². The van der Waals surface area contributed by atoms with Crippen molar-refractivity contribution in [1.82, 2.24) is 19.2 Å². The van der Waals surface area contributed by atoms with Crippen molar-refractivity contribution in [2.24, 2.45) is 0 Å². The van der Waals surface area contributed by atoms with Crippen molar-refractivity contribution < 1.29 is 0 Å². The number of hydrogen-bond donors (Lipinski definition) is 0. The molecule has 0 saturated heterocycles. The van der Waals surface area contributed by atoms with Crippen LogP contribution in [0.25, 0.3) is 22.2 Å². The van der Waals surface area contributed by atoms with Gasteiger partial charge in [-0.1, -0.05) is 29.8 Å². The first kappa shape index (κ1) is 12.1. The van der Waals surface area contributed by atoms with E-state index in [1.54, 1.807) is 16.7 Å². The van der Waals surface area contributed by atoms with Gasteiger partial charge in [0.05, 0.1) is 11.2 Å². The van der Waals surface area contributed by atoms with Crippen molar-refractivity contribution in [1.29, 1.82) is 0 Å². The summed E-state index contributed by atoms with van der Waals surface area (Å²) in [5.74, 6) is 0. The van der Waals surface area contributed by atoms with E-state index in [-0.39, 0.29) is 5.69 Å². The average Bonchev–Trinajstić information content (AvgIpc) is 2.98. The van der Waals surface area contributed by atoms with Crippen LogP contribution in [0.15, 0.2) is 59.7 Å². The summed E-state index contributed by atoms with van der Waals surface area (Å²) >= 11 is 6.10. The molecule has 2 heterocycles. The minimum absolute atomic E-state index is 0.226. The third-order valence-electron chi connectivity index (χ3n) is 3.40. The Balaban J connectivity index is 2.28. The summed E-state index contributed by atoms with van der Waals surface area (Å²) in [6.45, 7) is 0. The van der Waals surface area contributed by atoms with Crippen LogP contribution in [-0.2, 0) is 0 Å². The van der Waals surface area contributed by atoms with E-state index >= 15 is 0 Å². The highest BCUT2D eigenvalue weighted by atomic mass is 35.5. The smallest absolute Gasteiger partial charge is 0.261 e. The zero-order valence-corrected chi connectivity index (χ0v) is 11.5. The molecule has 0 unspecified atom stereocenters. The highest BCUT2D eigenvalue weighted by Gasteiger charge is 2.13. The summed E-state index contributed by atoms with van der Waals surface area (Å²) in [6, 6.07) is 14.8. The van der Waals surface area contributed by atoms with Crippen LogP contribution in [0.2, 0.25) is 5.02 Å². The molecular weight excluding hydrogens is 288 g/mol. The molecule has 0 atom stereocenters.